The topological polar surface area (TPSA) is 70.9 Å². The van der Waals surface area contributed by atoms with Crippen molar-refractivity contribution in [3.05, 3.63) is 75.4 Å². The lowest BCUT2D eigenvalue weighted by Crippen LogP contribution is -2.48. The Kier molecular flexibility index (Phi) is 7.93. The molecule has 0 saturated carbocycles. The Hall–Kier alpha value is -2.28. The quantitative estimate of drug-likeness (QED) is 0.133. The molecular weight excluding hydrogens is 438 g/mol. The number of fused-ring (bicyclic) bond motifs is 1. The second-order valence-corrected chi connectivity index (χ2v) is 15.3. The Labute approximate surface area is 196 Å². The summed E-state index contributed by atoms with van der Waals surface area (Å²) < 4.78 is 36.1. The maximum absolute atomic E-state index is 14.8. The molecule has 0 saturated heterocycles. The first kappa shape index (κ1) is 25.3. The van der Waals surface area contributed by atoms with E-state index < -0.39 is 31.9 Å². The van der Waals surface area contributed by atoms with Crippen LogP contribution in [0.1, 0.15) is 89.3 Å². The Balaban J connectivity index is 2.15. The van der Waals surface area contributed by atoms with Gasteiger partial charge in [0.15, 0.2) is 11.6 Å². The third kappa shape index (κ3) is 4.70. The maximum atomic E-state index is 14.8. The molecule has 0 bridgehead atoms. The van der Waals surface area contributed by atoms with Gasteiger partial charge in [-0.2, -0.15) is 0 Å². The van der Waals surface area contributed by atoms with Crippen molar-refractivity contribution in [2.45, 2.75) is 89.1 Å². The number of hydrogen-bond acceptors (Lipinski definition) is 3. The zero-order valence-corrected chi connectivity index (χ0v) is 21.3. The van der Waals surface area contributed by atoms with Crippen LogP contribution in [0.4, 0.5) is 8.78 Å². The van der Waals surface area contributed by atoms with E-state index in [0.29, 0.717) is 29.5 Å². The van der Waals surface area contributed by atoms with Crippen LogP contribution < -0.4 is 0 Å². The number of halogens is 2. The van der Waals surface area contributed by atoms with Crippen LogP contribution >= 0.6 is 0 Å². The molecule has 0 N–H and O–H groups in total. The minimum absolute atomic E-state index is 0.225. The van der Waals surface area contributed by atoms with E-state index in [1.54, 1.807) is 18.3 Å². The maximum Gasteiger partial charge on any atom is 0.201 e. The molecule has 0 spiro atoms. The predicted octanol–water partition coefficient (Wildman–Crippen LogP) is 8.52. The summed E-state index contributed by atoms with van der Waals surface area (Å²) in [5.41, 5.74) is 12.2. The fraction of sp³-hybridized carbons (Fsp3) is 0.560. The van der Waals surface area contributed by atoms with Crippen LogP contribution in [-0.4, -0.2) is 13.3 Å². The summed E-state index contributed by atoms with van der Waals surface area (Å²) >= 11 is 0. The molecule has 1 aromatic carbocycles. The number of pyridine rings is 1. The molecule has 0 unspecified atom stereocenters. The monoisotopic (exact) mass is 472 g/mol. The summed E-state index contributed by atoms with van der Waals surface area (Å²) in [6, 6.07) is 7.15. The molecule has 1 aromatic heterocycles. The average Bonchev–Trinajstić information content (AvgIpc) is 2.91. The lowest BCUT2D eigenvalue weighted by molar-refractivity contribution is 0.159. The SMILES string of the molecule is CC(C)[Si](O[C@@H]1CC[C@@H](c2cccc(F)c2F)[C@H](N=[N+]=[N-])c2cccnc21)(C(C)C)C(C)C. The number of azide groups is 1. The summed E-state index contributed by atoms with van der Waals surface area (Å²) in [7, 11) is -2.25. The lowest BCUT2D eigenvalue weighted by atomic mass is 9.86. The highest BCUT2D eigenvalue weighted by molar-refractivity contribution is 6.77. The zero-order valence-electron chi connectivity index (χ0n) is 20.3. The first-order chi connectivity index (χ1) is 15.6. The van der Waals surface area contributed by atoms with Gasteiger partial charge in [-0.05, 0) is 64.2 Å². The highest BCUT2D eigenvalue weighted by Gasteiger charge is 2.48. The van der Waals surface area contributed by atoms with Gasteiger partial charge in [-0.15, -0.1) is 0 Å². The zero-order chi connectivity index (χ0) is 24.3. The Morgan fingerprint density at radius 3 is 2.24 bits per heavy atom. The Morgan fingerprint density at radius 2 is 1.64 bits per heavy atom. The van der Waals surface area contributed by atoms with Gasteiger partial charge in [-0.3, -0.25) is 4.98 Å². The first-order valence-electron chi connectivity index (χ1n) is 11.8. The van der Waals surface area contributed by atoms with Crippen LogP contribution in [0.15, 0.2) is 41.6 Å². The number of hydrogen-bond donors (Lipinski definition) is 0. The molecular formula is C25H34F2N4OSi. The van der Waals surface area contributed by atoms with Gasteiger partial charge in [-0.25, -0.2) is 8.78 Å². The van der Waals surface area contributed by atoms with Gasteiger partial charge in [-0.1, -0.05) is 64.9 Å². The molecule has 0 amide bonds. The van der Waals surface area contributed by atoms with Gasteiger partial charge in [0.1, 0.15) is 0 Å². The summed E-state index contributed by atoms with van der Waals surface area (Å²) in [4.78, 5) is 7.73. The first-order valence-corrected chi connectivity index (χ1v) is 13.9. The van der Waals surface area contributed by atoms with Gasteiger partial charge in [0.2, 0.25) is 8.32 Å². The summed E-state index contributed by atoms with van der Waals surface area (Å²) in [6.07, 6.45) is 2.50. The molecule has 1 aliphatic carbocycles. The molecule has 5 nitrogen and oxygen atoms in total. The molecule has 0 fully saturated rings. The van der Waals surface area contributed by atoms with Crippen molar-refractivity contribution in [3.63, 3.8) is 0 Å². The fourth-order valence-electron chi connectivity index (χ4n) is 5.89. The van der Waals surface area contributed by atoms with Crippen LogP contribution in [-0.2, 0) is 4.43 Å². The van der Waals surface area contributed by atoms with Gasteiger partial charge < -0.3 is 4.43 Å². The van der Waals surface area contributed by atoms with Crippen molar-refractivity contribution < 1.29 is 13.2 Å². The normalized spacial score (nSPS) is 21.1. The van der Waals surface area contributed by atoms with Gasteiger partial charge in [0.05, 0.1) is 17.8 Å². The van der Waals surface area contributed by atoms with Crippen LogP contribution in [0.5, 0.6) is 0 Å². The van der Waals surface area contributed by atoms with Crippen molar-refractivity contribution >= 4 is 8.32 Å². The van der Waals surface area contributed by atoms with Gasteiger partial charge in [0, 0.05) is 11.1 Å². The molecule has 0 radical (unpaired) electrons. The molecule has 3 atom stereocenters. The molecule has 2 aromatic rings. The summed E-state index contributed by atoms with van der Waals surface area (Å²) in [6.45, 7) is 13.4. The van der Waals surface area contributed by atoms with Crippen molar-refractivity contribution in [2.24, 2.45) is 5.11 Å². The third-order valence-electron chi connectivity index (χ3n) is 7.23. The van der Waals surface area contributed by atoms with Crippen molar-refractivity contribution in [2.75, 3.05) is 0 Å². The second kappa shape index (κ2) is 10.3. The van der Waals surface area contributed by atoms with Gasteiger partial charge in [0.25, 0.3) is 0 Å². The number of rotatable bonds is 7. The highest BCUT2D eigenvalue weighted by atomic mass is 28.4. The molecule has 0 aliphatic heterocycles. The van der Waals surface area contributed by atoms with Crippen molar-refractivity contribution in [3.8, 4) is 0 Å². The Morgan fingerprint density at radius 1 is 1.00 bits per heavy atom. The number of nitrogens with zero attached hydrogens (tertiary/aromatic N) is 4. The smallest absolute Gasteiger partial charge is 0.201 e. The molecule has 1 aliphatic rings. The van der Waals surface area contributed by atoms with Crippen LogP contribution in [0.3, 0.4) is 0 Å². The van der Waals surface area contributed by atoms with Crippen LogP contribution in [0, 0.1) is 11.6 Å². The number of benzene rings is 1. The molecule has 8 heteroatoms. The van der Waals surface area contributed by atoms with E-state index >= 15 is 0 Å². The van der Waals surface area contributed by atoms with E-state index in [4.69, 9.17) is 4.43 Å². The standard InChI is InChI=1S/C25H34F2N4OSi/c1-15(2)33(16(3)4,17(5)6)32-22-13-12-19(18-9-7-11-21(26)23(18)27)24(30-31-28)20-10-8-14-29-25(20)22/h7-11,14-17,19,22,24H,12-13H2,1-6H3/t19-,22+,24-/m0/s1. The van der Waals surface area contributed by atoms with Crippen molar-refractivity contribution in [1.82, 2.24) is 4.98 Å². The highest BCUT2D eigenvalue weighted by Crippen LogP contribution is 2.50. The third-order valence-corrected chi connectivity index (χ3v) is 13.3. The summed E-state index contributed by atoms with van der Waals surface area (Å²) in [5, 5.41) is 4.06. The van der Waals surface area contributed by atoms with E-state index in [0.717, 1.165) is 17.3 Å². The fourth-order valence-corrected chi connectivity index (χ4v) is 11.4. The largest absolute Gasteiger partial charge is 0.408 e. The lowest BCUT2D eigenvalue weighted by Gasteiger charge is -2.44. The van der Waals surface area contributed by atoms with Crippen LogP contribution in [0.25, 0.3) is 10.4 Å². The van der Waals surface area contributed by atoms with E-state index in [9.17, 15) is 14.3 Å². The predicted molar refractivity (Wildman–Crippen MR) is 129 cm³/mol. The summed E-state index contributed by atoms with van der Waals surface area (Å²) in [5.74, 6) is -2.30. The van der Waals surface area contributed by atoms with E-state index in [1.165, 1.54) is 6.07 Å². The second-order valence-electron chi connectivity index (χ2n) is 9.88. The minimum Gasteiger partial charge on any atom is -0.408 e. The molecule has 178 valence electrons. The average molecular weight is 473 g/mol. The van der Waals surface area contributed by atoms with E-state index in [-0.39, 0.29) is 11.7 Å². The number of aromatic nitrogens is 1. The molecule has 1 heterocycles. The van der Waals surface area contributed by atoms with Crippen molar-refractivity contribution in [1.29, 1.82) is 0 Å². The van der Waals surface area contributed by atoms with Crippen LogP contribution in [0.2, 0.25) is 16.6 Å². The van der Waals surface area contributed by atoms with E-state index in [2.05, 4.69) is 56.6 Å². The Bertz CT molecular complexity index is 1000. The minimum atomic E-state index is -2.25. The molecule has 33 heavy (non-hydrogen) atoms. The molecule has 3 rings (SSSR count). The van der Waals surface area contributed by atoms with Gasteiger partial charge >= 0.3 is 0 Å². The van der Waals surface area contributed by atoms with E-state index in [1.807, 2.05) is 6.07 Å².